The summed E-state index contributed by atoms with van der Waals surface area (Å²) in [7, 11) is -2.20. The number of ether oxygens (including phenoxy) is 2. The van der Waals surface area contributed by atoms with Gasteiger partial charge in [-0.1, -0.05) is 36.7 Å². The lowest BCUT2D eigenvalue weighted by Gasteiger charge is -2.52. The number of anilines is 1. The molecule has 0 radical (unpaired) electrons. The Labute approximate surface area is 315 Å². The molecule has 6 rings (SSSR count). The van der Waals surface area contributed by atoms with Crippen LogP contribution in [0.3, 0.4) is 0 Å². The van der Waals surface area contributed by atoms with Crippen LogP contribution in [0.25, 0.3) is 0 Å². The molecule has 286 valence electrons. The lowest BCUT2D eigenvalue weighted by Crippen LogP contribution is -2.63. The van der Waals surface area contributed by atoms with Gasteiger partial charge in [-0.05, 0) is 112 Å². The molecule has 1 aliphatic carbocycles. The van der Waals surface area contributed by atoms with E-state index in [4.69, 9.17) is 31.8 Å². The molecule has 3 N–H and O–H groups in total. The molecule has 2 fully saturated rings. The van der Waals surface area contributed by atoms with Crippen molar-refractivity contribution in [2.45, 2.75) is 95.9 Å². The number of nitrogens with two attached hydrogens (primary N) is 1. The van der Waals surface area contributed by atoms with Gasteiger partial charge in [0.1, 0.15) is 17.9 Å². The van der Waals surface area contributed by atoms with E-state index in [-0.39, 0.29) is 29.6 Å². The Balaban J connectivity index is 1.38. The van der Waals surface area contributed by atoms with E-state index >= 15 is 0 Å². The van der Waals surface area contributed by atoms with Crippen LogP contribution in [0, 0.1) is 17.8 Å². The molecule has 1 amide bonds. The quantitative estimate of drug-likeness (QED) is 0.401. The summed E-state index contributed by atoms with van der Waals surface area (Å²) in [5, 5.41) is -0.121. The van der Waals surface area contributed by atoms with Crippen molar-refractivity contribution in [1.82, 2.24) is 19.5 Å². The van der Waals surface area contributed by atoms with Crippen LogP contribution >= 0.6 is 11.6 Å². The van der Waals surface area contributed by atoms with Crippen molar-refractivity contribution < 1.29 is 22.7 Å². The van der Waals surface area contributed by atoms with Gasteiger partial charge in [0.05, 0.1) is 11.4 Å². The van der Waals surface area contributed by atoms with Crippen LogP contribution < -0.4 is 20.1 Å². The van der Waals surface area contributed by atoms with E-state index in [1.165, 1.54) is 0 Å². The van der Waals surface area contributed by atoms with Gasteiger partial charge in [0, 0.05) is 57.4 Å². The molecule has 3 aliphatic heterocycles. The summed E-state index contributed by atoms with van der Waals surface area (Å²) in [5.41, 5.74) is 8.35. The second-order valence-corrected chi connectivity index (χ2v) is 18.1. The monoisotopic (exact) mass is 756 g/mol. The van der Waals surface area contributed by atoms with Crippen LogP contribution in [0.15, 0.2) is 42.5 Å². The molecular formula is C39H57ClN6O5S. The molecule has 1 saturated carbocycles. The molecule has 0 unspecified atom stereocenters. The zero-order chi connectivity index (χ0) is 37.2. The summed E-state index contributed by atoms with van der Waals surface area (Å²) in [6.07, 6.45) is 9.49. The maximum atomic E-state index is 13.6. The Kier molecular flexibility index (Phi) is 12.2. The van der Waals surface area contributed by atoms with Crippen molar-refractivity contribution in [3.05, 3.63) is 64.3 Å². The molecule has 4 aliphatic rings. The smallest absolute Gasteiger partial charge is 0.283 e. The zero-order valence-corrected chi connectivity index (χ0v) is 33.0. The first-order valence-electron chi connectivity index (χ1n) is 19.0. The number of allylic oxidation sites excluding steroid dienone is 1. The standard InChI is InChI=1S/C39H57ClN6O5S/c1-26(2)46-20-19-44(23-36(46)41)25-39(50-5)17-8-9-27(3)28(4)52(48,49)43-38(47)34-15-16-35-37(42-34)45(22-30-12-14-33(30)39)18-7-6-10-29-21-32(40)13-11-31(29)24-51-35/h8,11,13,15-17,21,26-28,30,33,36H,6-7,9-10,12,14,18-20,22-25,41H2,1-5H3,(H,43,47)/b17-8+/t27-,28+,30-,33+,36-,39+/m0/s1. The molecule has 2 bridgehead atoms. The van der Waals surface area contributed by atoms with Crippen molar-refractivity contribution in [3.8, 4) is 5.75 Å². The number of nitrogens with one attached hydrogen (secondary N) is 1. The Morgan fingerprint density at radius 3 is 2.62 bits per heavy atom. The van der Waals surface area contributed by atoms with Gasteiger partial charge in [-0.15, -0.1) is 0 Å². The van der Waals surface area contributed by atoms with Crippen LogP contribution in [0.1, 0.15) is 81.4 Å². The van der Waals surface area contributed by atoms with E-state index in [9.17, 15) is 13.2 Å². The number of piperazine rings is 1. The van der Waals surface area contributed by atoms with Crippen molar-refractivity contribution >= 4 is 33.3 Å². The number of aryl methyl sites for hydroxylation is 1. The maximum Gasteiger partial charge on any atom is 0.283 e. The average Bonchev–Trinajstić information content (AvgIpc) is 3.12. The normalized spacial score (nSPS) is 31.3. The van der Waals surface area contributed by atoms with Crippen LogP contribution in [0.4, 0.5) is 5.82 Å². The Hall–Kier alpha value is -2.74. The predicted octanol–water partition coefficient (Wildman–Crippen LogP) is 5.22. The molecule has 2 aromatic rings. The highest BCUT2D eigenvalue weighted by atomic mass is 35.5. The first kappa shape index (κ1) is 39.0. The predicted molar refractivity (Wildman–Crippen MR) is 206 cm³/mol. The van der Waals surface area contributed by atoms with Gasteiger partial charge in [-0.25, -0.2) is 18.1 Å². The number of rotatable bonds is 4. The van der Waals surface area contributed by atoms with E-state index in [0.717, 1.165) is 62.9 Å². The largest absolute Gasteiger partial charge is 0.485 e. The Morgan fingerprint density at radius 1 is 1.10 bits per heavy atom. The SMILES string of the molecule is CO[C@@]1(CN2CCN(C(C)C)[C@H](N)C2)/C=C/C[C@H](C)[C@@H](C)S(=O)(=O)NC(=O)c2ccc3c(n2)N(CCCCc2cc(Cl)ccc2CO3)C[C@@H]2CC[C@H]21. The number of carbonyl (C=O) groups is 1. The molecule has 1 saturated heterocycles. The molecular weight excluding hydrogens is 700 g/mol. The number of nitrogens with zero attached hydrogens (tertiary/aromatic N) is 4. The minimum Gasteiger partial charge on any atom is -0.485 e. The first-order valence-corrected chi connectivity index (χ1v) is 20.9. The fourth-order valence-corrected chi connectivity index (χ4v) is 9.96. The molecule has 13 heteroatoms. The van der Waals surface area contributed by atoms with E-state index < -0.39 is 26.8 Å². The first-order chi connectivity index (χ1) is 24.8. The van der Waals surface area contributed by atoms with Crippen LogP contribution in [-0.2, 0) is 27.8 Å². The fourth-order valence-electron chi connectivity index (χ4n) is 8.49. The lowest BCUT2D eigenvalue weighted by atomic mass is 9.63. The number of hydrogen-bond donors (Lipinski definition) is 2. The second-order valence-electron chi connectivity index (χ2n) is 15.7. The van der Waals surface area contributed by atoms with E-state index in [1.807, 2.05) is 32.2 Å². The number of halogens is 1. The fraction of sp³-hybridized carbons (Fsp3) is 0.641. The number of amides is 1. The summed E-state index contributed by atoms with van der Waals surface area (Å²) in [6.45, 7) is 12.9. The maximum absolute atomic E-state index is 13.6. The lowest BCUT2D eigenvalue weighted by molar-refractivity contribution is -0.0996. The number of aromatic nitrogens is 1. The third-order valence-corrected chi connectivity index (χ3v) is 14.2. The van der Waals surface area contributed by atoms with Gasteiger partial charge in [-0.3, -0.25) is 14.6 Å². The number of fused-ring (bicyclic) bond motifs is 3. The molecule has 11 nitrogen and oxygen atoms in total. The van der Waals surface area contributed by atoms with Gasteiger partial charge in [0.25, 0.3) is 5.91 Å². The molecule has 6 atom stereocenters. The van der Waals surface area contributed by atoms with Crippen molar-refractivity contribution in [2.75, 3.05) is 51.3 Å². The van der Waals surface area contributed by atoms with E-state index in [1.54, 1.807) is 19.1 Å². The van der Waals surface area contributed by atoms with Crippen molar-refractivity contribution in [3.63, 3.8) is 0 Å². The molecule has 1 aromatic carbocycles. The number of carbonyl (C=O) groups excluding carboxylic acids is 1. The third-order valence-electron chi connectivity index (χ3n) is 12.0. The minimum atomic E-state index is -4.01. The van der Waals surface area contributed by atoms with Gasteiger partial charge in [0.15, 0.2) is 11.6 Å². The summed E-state index contributed by atoms with van der Waals surface area (Å²) < 4.78 is 42.5. The van der Waals surface area contributed by atoms with Gasteiger partial charge in [-0.2, -0.15) is 0 Å². The second kappa shape index (κ2) is 16.3. The molecule has 0 spiro atoms. The van der Waals surface area contributed by atoms with E-state index in [0.29, 0.717) is 55.3 Å². The number of hydrogen-bond acceptors (Lipinski definition) is 10. The zero-order valence-electron chi connectivity index (χ0n) is 31.4. The van der Waals surface area contributed by atoms with Gasteiger partial charge < -0.3 is 20.1 Å². The van der Waals surface area contributed by atoms with Crippen molar-refractivity contribution in [1.29, 1.82) is 0 Å². The highest BCUT2D eigenvalue weighted by Crippen LogP contribution is 2.46. The highest BCUT2D eigenvalue weighted by molar-refractivity contribution is 7.90. The highest BCUT2D eigenvalue weighted by Gasteiger charge is 2.49. The Bertz CT molecular complexity index is 1720. The summed E-state index contributed by atoms with van der Waals surface area (Å²) in [4.78, 5) is 25.4. The summed E-state index contributed by atoms with van der Waals surface area (Å²) in [6, 6.07) is 9.58. The third kappa shape index (κ3) is 8.47. The molecule has 52 heavy (non-hydrogen) atoms. The van der Waals surface area contributed by atoms with Gasteiger partial charge in [0.2, 0.25) is 10.0 Å². The number of benzene rings is 1. The number of methoxy groups -OCH3 is 1. The van der Waals surface area contributed by atoms with Crippen LogP contribution in [0.5, 0.6) is 5.75 Å². The summed E-state index contributed by atoms with van der Waals surface area (Å²) >= 11 is 6.39. The van der Waals surface area contributed by atoms with E-state index in [2.05, 4.69) is 45.4 Å². The minimum absolute atomic E-state index is 0.0399. The summed E-state index contributed by atoms with van der Waals surface area (Å²) in [5.74, 6) is 0.596. The topological polar surface area (TPSA) is 130 Å². The van der Waals surface area contributed by atoms with Crippen LogP contribution in [0.2, 0.25) is 5.02 Å². The average molecular weight is 757 g/mol. The molecule has 1 aromatic heterocycles. The Morgan fingerprint density at radius 2 is 1.90 bits per heavy atom. The van der Waals surface area contributed by atoms with Gasteiger partial charge >= 0.3 is 0 Å². The van der Waals surface area contributed by atoms with Crippen LogP contribution in [-0.4, -0.2) is 98.5 Å². The number of sulfonamides is 1. The number of pyridine rings is 1. The van der Waals surface area contributed by atoms with Crippen molar-refractivity contribution in [2.24, 2.45) is 23.5 Å². The molecule has 4 heterocycles.